The van der Waals surface area contributed by atoms with Crippen LogP contribution in [0.5, 0.6) is 0 Å². The van der Waals surface area contributed by atoms with Gasteiger partial charge in [0.2, 0.25) is 5.91 Å². The lowest BCUT2D eigenvalue weighted by Crippen LogP contribution is -2.43. The molecule has 1 aliphatic heterocycles. The molecular weight excluding hydrogens is 376 g/mol. The second-order valence-electron chi connectivity index (χ2n) is 7.03. The van der Waals surface area contributed by atoms with Crippen molar-refractivity contribution in [3.05, 3.63) is 70.7 Å². The molecule has 1 N–H and O–H groups in total. The van der Waals surface area contributed by atoms with E-state index in [1.54, 1.807) is 0 Å². The van der Waals surface area contributed by atoms with Crippen LogP contribution in [-0.2, 0) is 17.1 Å². The molecule has 3 rings (SSSR count). The van der Waals surface area contributed by atoms with Crippen LogP contribution in [0.1, 0.15) is 24.0 Å². The molecule has 0 aliphatic carbocycles. The number of hydrogen-bond donors (Lipinski definition) is 1. The number of benzene rings is 2. The molecule has 1 amide bonds. The van der Waals surface area contributed by atoms with E-state index in [-0.39, 0.29) is 11.8 Å². The number of nitrogens with one attached hydrogen (secondary N) is 1. The highest BCUT2D eigenvalue weighted by Crippen LogP contribution is 2.20. The summed E-state index contributed by atoms with van der Waals surface area (Å²) in [5, 5.41) is 3.89. The third-order valence-corrected chi connectivity index (χ3v) is 6.09. The fourth-order valence-electron chi connectivity index (χ4n) is 3.46. The van der Waals surface area contributed by atoms with Gasteiger partial charge in [-0.05, 0) is 42.6 Å². The van der Waals surface area contributed by atoms with Crippen LogP contribution in [0.2, 0.25) is 5.02 Å². The summed E-state index contributed by atoms with van der Waals surface area (Å²) in [4.78, 5) is 14.9. The molecule has 5 heteroatoms. The van der Waals surface area contributed by atoms with Crippen molar-refractivity contribution in [2.45, 2.75) is 25.1 Å². The Labute approximate surface area is 171 Å². The van der Waals surface area contributed by atoms with Crippen LogP contribution in [0.3, 0.4) is 0 Å². The number of rotatable bonds is 8. The average molecular weight is 403 g/mol. The molecule has 0 aromatic heterocycles. The van der Waals surface area contributed by atoms with Gasteiger partial charge in [0.25, 0.3) is 0 Å². The van der Waals surface area contributed by atoms with Crippen molar-refractivity contribution in [2.24, 2.45) is 5.92 Å². The molecule has 0 saturated carbocycles. The Hall–Kier alpha value is -1.49. The van der Waals surface area contributed by atoms with Crippen molar-refractivity contribution in [2.75, 3.05) is 25.4 Å². The van der Waals surface area contributed by atoms with Crippen LogP contribution in [0, 0.1) is 5.92 Å². The van der Waals surface area contributed by atoms with Crippen molar-refractivity contribution >= 4 is 29.3 Å². The molecule has 1 unspecified atom stereocenters. The number of carbonyl (C=O) groups is 1. The van der Waals surface area contributed by atoms with E-state index in [1.807, 2.05) is 36.0 Å². The lowest BCUT2D eigenvalue weighted by Gasteiger charge is -2.32. The largest absolute Gasteiger partial charge is 0.355 e. The van der Waals surface area contributed by atoms with Crippen LogP contribution < -0.4 is 5.32 Å². The minimum atomic E-state index is 0.0945. The first kappa shape index (κ1) is 20.2. The SMILES string of the molecule is O=C(NCCSCc1ccccc1)C1CCCN(Cc2cccc(Cl)c2)C1. The van der Waals surface area contributed by atoms with Gasteiger partial charge in [0.05, 0.1) is 5.92 Å². The summed E-state index contributed by atoms with van der Waals surface area (Å²) >= 11 is 7.94. The van der Waals surface area contributed by atoms with E-state index >= 15 is 0 Å². The highest BCUT2D eigenvalue weighted by Gasteiger charge is 2.25. The number of hydrogen-bond acceptors (Lipinski definition) is 3. The number of thioether (sulfide) groups is 1. The smallest absolute Gasteiger partial charge is 0.224 e. The topological polar surface area (TPSA) is 32.3 Å². The van der Waals surface area contributed by atoms with Gasteiger partial charge in [-0.2, -0.15) is 11.8 Å². The van der Waals surface area contributed by atoms with E-state index in [9.17, 15) is 4.79 Å². The van der Waals surface area contributed by atoms with Gasteiger partial charge < -0.3 is 5.32 Å². The van der Waals surface area contributed by atoms with Crippen molar-refractivity contribution in [1.29, 1.82) is 0 Å². The predicted octanol–water partition coefficient (Wildman–Crippen LogP) is 4.60. The highest BCUT2D eigenvalue weighted by atomic mass is 35.5. The Morgan fingerprint density at radius 2 is 1.96 bits per heavy atom. The standard InChI is InChI=1S/C22H27ClN2OS/c23-21-10-4-8-19(14-21)15-25-12-5-9-20(16-25)22(26)24-11-13-27-17-18-6-2-1-3-7-18/h1-4,6-8,10,14,20H,5,9,11-13,15-17H2,(H,24,26). The van der Waals surface area contributed by atoms with E-state index < -0.39 is 0 Å². The summed E-state index contributed by atoms with van der Waals surface area (Å²) in [5.74, 6) is 2.23. The maximum absolute atomic E-state index is 12.5. The van der Waals surface area contributed by atoms with Crippen LogP contribution >= 0.6 is 23.4 Å². The number of piperidine rings is 1. The summed E-state index contributed by atoms with van der Waals surface area (Å²) in [5.41, 5.74) is 2.54. The van der Waals surface area contributed by atoms with E-state index in [2.05, 4.69) is 40.5 Å². The molecule has 1 atom stereocenters. The summed E-state index contributed by atoms with van der Waals surface area (Å²) < 4.78 is 0. The van der Waals surface area contributed by atoms with E-state index in [4.69, 9.17) is 11.6 Å². The lowest BCUT2D eigenvalue weighted by molar-refractivity contribution is -0.126. The quantitative estimate of drug-likeness (QED) is 0.655. The van der Waals surface area contributed by atoms with Gasteiger partial charge in [0.15, 0.2) is 0 Å². The molecule has 1 heterocycles. The van der Waals surface area contributed by atoms with Gasteiger partial charge in [-0.1, -0.05) is 54.1 Å². The zero-order chi connectivity index (χ0) is 18.9. The fraction of sp³-hybridized carbons (Fsp3) is 0.409. The zero-order valence-corrected chi connectivity index (χ0v) is 17.1. The van der Waals surface area contributed by atoms with Gasteiger partial charge in [-0.3, -0.25) is 9.69 Å². The summed E-state index contributed by atoms with van der Waals surface area (Å²) in [6.45, 7) is 3.47. The molecule has 0 bridgehead atoms. The molecule has 2 aromatic carbocycles. The monoisotopic (exact) mass is 402 g/mol. The molecule has 3 nitrogen and oxygen atoms in total. The molecule has 0 spiro atoms. The maximum Gasteiger partial charge on any atom is 0.224 e. The van der Waals surface area contributed by atoms with Gasteiger partial charge in [-0.25, -0.2) is 0 Å². The Balaban J connectivity index is 1.36. The lowest BCUT2D eigenvalue weighted by atomic mass is 9.96. The Morgan fingerprint density at radius 3 is 2.78 bits per heavy atom. The van der Waals surface area contributed by atoms with Crippen molar-refractivity contribution in [3.63, 3.8) is 0 Å². The summed E-state index contributed by atoms with van der Waals surface area (Å²) in [6, 6.07) is 18.4. The number of likely N-dealkylation sites (tertiary alicyclic amines) is 1. The summed E-state index contributed by atoms with van der Waals surface area (Å²) in [7, 11) is 0. The van der Waals surface area contributed by atoms with Crippen LogP contribution in [0.15, 0.2) is 54.6 Å². The molecule has 1 aliphatic rings. The fourth-order valence-corrected chi connectivity index (χ4v) is 4.49. The van der Waals surface area contributed by atoms with Crippen molar-refractivity contribution in [3.8, 4) is 0 Å². The predicted molar refractivity (Wildman–Crippen MR) is 115 cm³/mol. The molecule has 1 fully saturated rings. The minimum Gasteiger partial charge on any atom is -0.355 e. The first-order chi connectivity index (χ1) is 13.2. The molecule has 27 heavy (non-hydrogen) atoms. The van der Waals surface area contributed by atoms with Gasteiger partial charge in [-0.15, -0.1) is 0 Å². The molecule has 144 valence electrons. The molecule has 2 aromatic rings. The number of nitrogens with zero attached hydrogens (tertiary/aromatic N) is 1. The average Bonchev–Trinajstić information content (AvgIpc) is 2.68. The zero-order valence-electron chi connectivity index (χ0n) is 15.6. The van der Waals surface area contributed by atoms with Gasteiger partial charge in [0, 0.05) is 36.2 Å². The number of halogens is 1. The van der Waals surface area contributed by atoms with E-state index in [1.165, 1.54) is 11.1 Å². The molecule has 1 saturated heterocycles. The van der Waals surface area contributed by atoms with E-state index in [0.29, 0.717) is 0 Å². The Bertz CT molecular complexity index is 725. The maximum atomic E-state index is 12.5. The summed E-state index contributed by atoms with van der Waals surface area (Å²) in [6.07, 6.45) is 2.05. The third kappa shape index (κ3) is 6.87. The second kappa shape index (κ2) is 10.7. The molecular formula is C22H27ClN2OS. The van der Waals surface area contributed by atoms with Crippen molar-refractivity contribution in [1.82, 2.24) is 10.2 Å². The van der Waals surface area contributed by atoms with E-state index in [0.717, 1.165) is 55.5 Å². The first-order valence-corrected chi connectivity index (χ1v) is 11.1. The van der Waals surface area contributed by atoms with Gasteiger partial charge >= 0.3 is 0 Å². The highest BCUT2D eigenvalue weighted by molar-refractivity contribution is 7.98. The third-order valence-electron chi connectivity index (χ3n) is 4.83. The van der Waals surface area contributed by atoms with Crippen LogP contribution in [0.25, 0.3) is 0 Å². The van der Waals surface area contributed by atoms with Crippen molar-refractivity contribution < 1.29 is 4.79 Å². The number of carbonyl (C=O) groups excluding carboxylic acids is 1. The Morgan fingerprint density at radius 1 is 1.15 bits per heavy atom. The first-order valence-electron chi connectivity index (χ1n) is 9.57. The van der Waals surface area contributed by atoms with Crippen LogP contribution in [-0.4, -0.2) is 36.2 Å². The Kier molecular flexibility index (Phi) is 8.06. The second-order valence-corrected chi connectivity index (χ2v) is 8.58. The van der Waals surface area contributed by atoms with Gasteiger partial charge in [0.1, 0.15) is 0 Å². The molecule has 0 radical (unpaired) electrons. The van der Waals surface area contributed by atoms with Crippen LogP contribution in [0.4, 0.5) is 0 Å². The number of amides is 1. The minimum absolute atomic E-state index is 0.0945. The normalized spacial score (nSPS) is 17.6.